The zero-order valence-electron chi connectivity index (χ0n) is 10.2. The zero-order chi connectivity index (χ0) is 12.3. The molecule has 1 aromatic heterocycles. The first kappa shape index (κ1) is 13.1. The summed E-state index contributed by atoms with van der Waals surface area (Å²) < 4.78 is 0. The van der Waals surface area contributed by atoms with Gasteiger partial charge in [0.25, 0.3) is 5.91 Å². The molecule has 0 saturated heterocycles. The molecule has 0 spiro atoms. The molecule has 1 rings (SSSR count). The largest absolute Gasteiger partial charge is 0.346 e. The van der Waals surface area contributed by atoms with Gasteiger partial charge in [0.15, 0.2) is 0 Å². The number of thiazole rings is 1. The minimum atomic E-state index is -0.199. The number of rotatable bonds is 4. The average Bonchev–Trinajstić information content (AvgIpc) is 2.66. The summed E-state index contributed by atoms with van der Waals surface area (Å²) in [6.07, 6.45) is 0.878. The van der Waals surface area contributed by atoms with Gasteiger partial charge in [0.2, 0.25) is 0 Å². The molecule has 0 aromatic carbocycles. The molecule has 1 heterocycles. The Bertz CT molecular complexity index is 371. The van der Waals surface area contributed by atoms with E-state index in [0.717, 1.165) is 11.4 Å². The zero-order valence-corrected chi connectivity index (χ0v) is 11.0. The summed E-state index contributed by atoms with van der Waals surface area (Å²) in [6, 6.07) is -0.120. The highest BCUT2D eigenvalue weighted by Crippen LogP contribution is 2.16. The normalized spacial score (nSPS) is 13.6. The fraction of sp³-hybridized carbons (Fsp3) is 0.636. The van der Waals surface area contributed by atoms with Gasteiger partial charge in [-0.1, -0.05) is 6.92 Å². The van der Waals surface area contributed by atoms with Gasteiger partial charge in [-0.15, -0.1) is 11.3 Å². The van der Waals surface area contributed by atoms with Crippen LogP contribution < -0.4 is 11.1 Å². The first-order chi connectivity index (χ1) is 7.35. The van der Waals surface area contributed by atoms with Gasteiger partial charge < -0.3 is 11.1 Å². The molecular weight excluding hydrogens is 222 g/mol. The summed E-state index contributed by atoms with van der Waals surface area (Å²) in [4.78, 5) is 16.1. The summed E-state index contributed by atoms with van der Waals surface area (Å²) in [6.45, 7) is 7.87. The summed E-state index contributed by atoms with van der Waals surface area (Å²) in [5.74, 6) is -0.130. The molecule has 0 aliphatic rings. The lowest BCUT2D eigenvalue weighted by Crippen LogP contribution is -2.42. The number of nitrogens with one attached hydrogen (secondary N) is 1. The van der Waals surface area contributed by atoms with Crippen LogP contribution in [0.25, 0.3) is 0 Å². The maximum atomic E-state index is 11.8. The van der Waals surface area contributed by atoms with Crippen LogP contribution >= 0.6 is 11.3 Å². The van der Waals surface area contributed by atoms with Crippen LogP contribution in [0.5, 0.6) is 0 Å². The number of hydrogen-bond acceptors (Lipinski definition) is 4. The first-order valence-corrected chi connectivity index (χ1v) is 6.27. The van der Waals surface area contributed by atoms with Gasteiger partial charge in [0, 0.05) is 10.9 Å². The molecule has 0 aliphatic heterocycles. The summed E-state index contributed by atoms with van der Waals surface area (Å²) in [5, 5.41) is 5.48. The standard InChI is InChI=1S/C11H19N3OS/c1-5-11(3,4)14-9(15)8-6-16-10(13-8)7(2)12/h6-7H,5,12H2,1-4H3,(H,14,15). The van der Waals surface area contributed by atoms with E-state index in [9.17, 15) is 4.79 Å². The van der Waals surface area contributed by atoms with E-state index in [0.29, 0.717) is 5.69 Å². The Hall–Kier alpha value is -0.940. The second kappa shape index (κ2) is 4.93. The summed E-state index contributed by atoms with van der Waals surface area (Å²) in [5.41, 5.74) is 5.95. The Morgan fingerprint density at radius 1 is 1.69 bits per heavy atom. The second-order valence-electron chi connectivity index (χ2n) is 4.55. The maximum Gasteiger partial charge on any atom is 0.271 e. The van der Waals surface area contributed by atoms with Crippen LogP contribution in [0.1, 0.15) is 55.7 Å². The summed E-state index contributed by atoms with van der Waals surface area (Å²) in [7, 11) is 0. The molecule has 0 aliphatic carbocycles. The van der Waals surface area contributed by atoms with Crippen LogP contribution in [-0.2, 0) is 0 Å². The lowest BCUT2D eigenvalue weighted by Gasteiger charge is -2.23. The van der Waals surface area contributed by atoms with E-state index in [1.165, 1.54) is 11.3 Å². The molecule has 1 atom stereocenters. The SMILES string of the molecule is CCC(C)(C)NC(=O)c1csc(C(C)N)n1. The molecule has 3 N–H and O–H groups in total. The highest BCUT2D eigenvalue weighted by Gasteiger charge is 2.20. The third kappa shape index (κ3) is 3.28. The number of carbonyl (C=O) groups excluding carboxylic acids is 1. The molecule has 0 saturated carbocycles. The highest BCUT2D eigenvalue weighted by atomic mass is 32.1. The molecule has 1 amide bonds. The van der Waals surface area contributed by atoms with Gasteiger partial charge in [0.1, 0.15) is 10.7 Å². The van der Waals surface area contributed by atoms with Crippen LogP contribution in [-0.4, -0.2) is 16.4 Å². The Balaban J connectivity index is 2.74. The van der Waals surface area contributed by atoms with Crippen LogP contribution in [0.15, 0.2) is 5.38 Å². The maximum absolute atomic E-state index is 11.8. The number of amides is 1. The molecule has 1 unspecified atom stereocenters. The lowest BCUT2D eigenvalue weighted by atomic mass is 10.0. The van der Waals surface area contributed by atoms with Gasteiger partial charge in [-0.25, -0.2) is 4.98 Å². The minimum Gasteiger partial charge on any atom is -0.346 e. The van der Waals surface area contributed by atoms with E-state index in [-0.39, 0.29) is 17.5 Å². The molecule has 0 radical (unpaired) electrons. The van der Waals surface area contributed by atoms with E-state index >= 15 is 0 Å². The van der Waals surface area contributed by atoms with Crippen molar-refractivity contribution in [2.75, 3.05) is 0 Å². The number of carbonyl (C=O) groups is 1. The van der Waals surface area contributed by atoms with Crippen molar-refractivity contribution in [1.82, 2.24) is 10.3 Å². The van der Waals surface area contributed by atoms with E-state index in [2.05, 4.69) is 10.3 Å². The first-order valence-electron chi connectivity index (χ1n) is 5.39. The van der Waals surface area contributed by atoms with E-state index in [4.69, 9.17) is 5.73 Å². The van der Waals surface area contributed by atoms with Crippen molar-refractivity contribution >= 4 is 17.2 Å². The minimum absolute atomic E-state index is 0.120. The van der Waals surface area contributed by atoms with Crippen LogP contribution in [0.2, 0.25) is 0 Å². The van der Waals surface area contributed by atoms with Gasteiger partial charge in [-0.05, 0) is 27.2 Å². The molecule has 90 valence electrons. The third-order valence-electron chi connectivity index (χ3n) is 2.48. The van der Waals surface area contributed by atoms with Crippen molar-refractivity contribution in [3.63, 3.8) is 0 Å². The molecule has 4 nitrogen and oxygen atoms in total. The smallest absolute Gasteiger partial charge is 0.271 e. The molecule has 5 heteroatoms. The average molecular weight is 241 g/mol. The van der Waals surface area contributed by atoms with Crippen LogP contribution in [0, 0.1) is 0 Å². The van der Waals surface area contributed by atoms with E-state index < -0.39 is 0 Å². The fourth-order valence-electron chi connectivity index (χ4n) is 1.06. The van der Waals surface area contributed by atoms with E-state index in [1.54, 1.807) is 5.38 Å². The molecular formula is C11H19N3OS. The predicted molar refractivity (Wildman–Crippen MR) is 66.6 cm³/mol. The van der Waals surface area contributed by atoms with Crippen molar-refractivity contribution < 1.29 is 4.79 Å². The van der Waals surface area contributed by atoms with Crippen molar-refractivity contribution in [1.29, 1.82) is 0 Å². The van der Waals surface area contributed by atoms with Gasteiger partial charge >= 0.3 is 0 Å². The Morgan fingerprint density at radius 2 is 2.31 bits per heavy atom. The quantitative estimate of drug-likeness (QED) is 0.848. The monoisotopic (exact) mass is 241 g/mol. The predicted octanol–water partition coefficient (Wildman–Crippen LogP) is 2.08. The number of hydrogen-bond donors (Lipinski definition) is 2. The third-order valence-corrected chi connectivity index (χ3v) is 3.53. The molecule has 0 fully saturated rings. The van der Waals surface area contributed by atoms with Gasteiger partial charge in [-0.3, -0.25) is 4.79 Å². The van der Waals surface area contributed by atoms with Crippen molar-refractivity contribution in [3.05, 3.63) is 16.1 Å². The Morgan fingerprint density at radius 3 is 2.75 bits per heavy atom. The van der Waals surface area contributed by atoms with Crippen LogP contribution in [0.3, 0.4) is 0 Å². The second-order valence-corrected chi connectivity index (χ2v) is 5.44. The molecule has 16 heavy (non-hydrogen) atoms. The van der Waals surface area contributed by atoms with E-state index in [1.807, 2.05) is 27.7 Å². The van der Waals surface area contributed by atoms with Gasteiger partial charge in [-0.2, -0.15) is 0 Å². The Labute approximate surface area is 100 Å². The highest BCUT2D eigenvalue weighted by molar-refractivity contribution is 7.09. The molecule has 1 aromatic rings. The summed E-state index contributed by atoms with van der Waals surface area (Å²) >= 11 is 1.42. The number of nitrogens with two attached hydrogens (primary N) is 1. The van der Waals surface area contributed by atoms with Gasteiger partial charge in [0.05, 0.1) is 6.04 Å². The number of nitrogens with zero attached hydrogens (tertiary/aromatic N) is 1. The Kier molecular flexibility index (Phi) is 4.04. The lowest BCUT2D eigenvalue weighted by molar-refractivity contribution is 0.0906. The van der Waals surface area contributed by atoms with Crippen LogP contribution in [0.4, 0.5) is 0 Å². The number of aromatic nitrogens is 1. The fourth-order valence-corrected chi connectivity index (χ4v) is 1.82. The van der Waals surface area contributed by atoms with Crippen molar-refractivity contribution in [2.24, 2.45) is 5.73 Å². The van der Waals surface area contributed by atoms with Crippen molar-refractivity contribution in [3.8, 4) is 0 Å². The van der Waals surface area contributed by atoms with Crippen molar-refractivity contribution in [2.45, 2.75) is 45.7 Å². The topological polar surface area (TPSA) is 68.0 Å². The molecule has 0 bridgehead atoms.